The van der Waals surface area contributed by atoms with Crippen molar-refractivity contribution in [3.63, 3.8) is 0 Å². The highest BCUT2D eigenvalue weighted by molar-refractivity contribution is 14.1. The van der Waals surface area contributed by atoms with Crippen LogP contribution >= 0.6 is 22.6 Å². The molecule has 1 aliphatic rings. The molecule has 1 fully saturated rings. The number of benzene rings is 1. The van der Waals surface area contributed by atoms with E-state index in [9.17, 15) is 8.42 Å². The van der Waals surface area contributed by atoms with E-state index in [-0.39, 0.29) is 11.5 Å². The number of halogens is 1. The highest BCUT2D eigenvalue weighted by Crippen LogP contribution is 2.33. The van der Waals surface area contributed by atoms with Gasteiger partial charge in [0.2, 0.25) is 0 Å². The molecular formula is C14H16IN3O2S. The SMILES string of the molecule is CC1(n2cc(N)c(-c3ccc(I)cc3)n2)CCS(=O)(=O)C1. The van der Waals surface area contributed by atoms with Gasteiger partial charge in [0, 0.05) is 15.3 Å². The van der Waals surface area contributed by atoms with Crippen molar-refractivity contribution in [2.45, 2.75) is 18.9 Å². The van der Waals surface area contributed by atoms with Crippen LogP contribution in [-0.4, -0.2) is 29.7 Å². The molecule has 1 atom stereocenters. The van der Waals surface area contributed by atoms with E-state index in [2.05, 4.69) is 27.7 Å². The van der Waals surface area contributed by atoms with E-state index >= 15 is 0 Å². The Morgan fingerprint density at radius 2 is 2.00 bits per heavy atom. The lowest BCUT2D eigenvalue weighted by molar-refractivity contribution is 0.329. The van der Waals surface area contributed by atoms with Crippen LogP contribution in [0.25, 0.3) is 11.3 Å². The van der Waals surface area contributed by atoms with Gasteiger partial charge in [-0.25, -0.2) is 8.42 Å². The maximum atomic E-state index is 11.7. The van der Waals surface area contributed by atoms with Crippen LogP contribution in [-0.2, 0) is 15.4 Å². The summed E-state index contributed by atoms with van der Waals surface area (Å²) in [5.74, 6) is 0.329. The lowest BCUT2D eigenvalue weighted by Gasteiger charge is -2.22. The molecule has 1 aromatic carbocycles. The van der Waals surface area contributed by atoms with Crippen molar-refractivity contribution in [3.05, 3.63) is 34.0 Å². The van der Waals surface area contributed by atoms with Gasteiger partial charge in [0.1, 0.15) is 5.69 Å². The quantitative estimate of drug-likeness (QED) is 0.761. The average Bonchev–Trinajstić information content (AvgIpc) is 2.92. The fourth-order valence-corrected chi connectivity index (χ4v) is 5.15. The van der Waals surface area contributed by atoms with Gasteiger partial charge in [-0.05, 0) is 48.1 Å². The molecule has 0 aliphatic carbocycles. The molecule has 0 radical (unpaired) electrons. The molecule has 2 aromatic rings. The van der Waals surface area contributed by atoms with E-state index < -0.39 is 15.4 Å². The monoisotopic (exact) mass is 417 g/mol. The van der Waals surface area contributed by atoms with Crippen molar-refractivity contribution < 1.29 is 8.42 Å². The third-order valence-corrected chi connectivity index (χ3v) is 6.50. The zero-order valence-electron chi connectivity index (χ0n) is 11.6. The van der Waals surface area contributed by atoms with E-state index in [1.54, 1.807) is 10.9 Å². The number of sulfone groups is 1. The van der Waals surface area contributed by atoms with Crippen LogP contribution in [0.4, 0.5) is 5.69 Å². The summed E-state index contributed by atoms with van der Waals surface area (Å²) in [5.41, 5.74) is 7.78. The largest absolute Gasteiger partial charge is 0.396 e. The smallest absolute Gasteiger partial charge is 0.152 e. The molecule has 0 amide bonds. The number of hydrogen-bond acceptors (Lipinski definition) is 4. The average molecular weight is 417 g/mol. The Morgan fingerprint density at radius 1 is 1.33 bits per heavy atom. The number of rotatable bonds is 2. The molecule has 0 bridgehead atoms. The van der Waals surface area contributed by atoms with Gasteiger partial charge in [-0.2, -0.15) is 5.10 Å². The Labute approximate surface area is 137 Å². The molecule has 0 saturated carbocycles. The first-order valence-electron chi connectivity index (χ1n) is 6.61. The third-order valence-electron chi connectivity index (χ3n) is 3.90. The van der Waals surface area contributed by atoms with Gasteiger partial charge in [0.05, 0.1) is 22.7 Å². The van der Waals surface area contributed by atoms with E-state index in [0.717, 1.165) is 9.13 Å². The van der Waals surface area contributed by atoms with Crippen LogP contribution in [0, 0.1) is 3.57 Å². The summed E-state index contributed by atoms with van der Waals surface area (Å²) in [7, 11) is -2.98. The Kier molecular flexibility index (Phi) is 3.52. The van der Waals surface area contributed by atoms with Crippen molar-refractivity contribution in [3.8, 4) is 11.3 Å². The molecule has 1 saturated heterocycles. The molecule has 3 rings (SSSR count). The van der Waals surface area contributed by atoms with Crippen molar-refractivity contribution in [1.82, 2.24) is 9.78 Å². The number of anilines is 1. The Morgan fingerprint density at radius 3 is 2.57 bits per heavy atom. The summed E-state index contributed by atoms with van der Waals surface area (Å²) in [6.45, 7) is 1.92. The molecule has 5 nitrogen and oxygen atoms in total. The van der Waals surface area contributed by atoms with Crippen LogP contribution in [0.2, 0.25) is 0 Å². The summed E-state index contributed by atoms with van der Waals surface area (Å²) in [4.78, 5) is 0. The Balaban J connectivity index is 2.00. The normalized spacial score (nSPS) is 24.3. The van der Waals surface area contributed by atoms with Crippen LogP contribution in [0.1, 0.15) is 13.3 Å². The molecule has 2 heterocycles. The fraction of sp³-hybridized carbons (Fsp3) is 0.357. The maximum absolute atomic E-state index is 11.7. The predicted octanol–water partition coefficient (Wildman–Crippen LogP) is 2.27. The molecule has 1 aliphatic heterocycles. The number of nitrogen functional groups attached to an aromatic ring is 1. The zero-order chi connectivity index (χ0) is 15.3. The second-order valence-electron chi connectivity index (χ2n) is 5.72. The Bertz CT molecular complexity index is 783. The minimum absolute atomic E-state index is 0.118. The van der Waals surface area contributed by atoms with Crippen molar-refractivity contribution >= 4 is 38.1 Å². The van der Waals surface area contributed by atoms with Gasteiger partial charge in [-0.3, -0.25) is 4.68 Å². The topological polar surface area (TPSA) is 78.0 Å². The second-order valence-corrected chi connectivity index (χ2v) is 9.15. The molecule has 112 valence electrons. The summed E-state index contributed by atoms with van der Waals surface area (Å²) in [6.07, 6.45) is 2.32. The van der Waals surface area contributed by atoms with E-state index in [1.807, 2.05) is 31.2 Å². The van der Waals surface area contributed by atoms with Crippen molar-refractivity contribution in [2.24, 2.45) is 0 Å². The van der Waals surface area contributed by atoms with Crippen LogP contribution in [0.5, 0.6) is 0 Å². The van der Waals surface area contributed by atoms with Crippen LogP contribution in [0.15, 0.2) is 30.5 Å². The summed E-state index contributed by atoms with van der Waals surface area (Å²) in [5, 5.41) is 4.55. The molecular weight excluding hydrogens is 401 g/mol. The molecule has 0 spiro atoms. The summed E-state index contributed by atoms with van der Waals surface area (Å²) in [6, 6.07) is 7.93. The number of nitrogens with zero attached hydrogens (tertiary/aromatic N) is 2. The lowest BCUT2D eigenvalue weighted by atomic mass is 10.0. The first kappa shape index (κ1) is 14.8. The molecule has 1 aromatic heterocycles. The lowest BCUT2D eigenvalue weighted by Crippen LogP contribution is -2.31. The molecule has 1 unspecified atom stereocenters. The standard InChI is InChI=1S/C14H16IN3O2S/c1-14(6-7-21(19,20)9-14)18-8-12(16)13(17-18)10-2-4-11(15)5-3-10/h2-5,8H,6-7,9,16H2,1H3. The van der Waals surface area contributed by atoms with Gasteiger partial charge >= 0.3 is 0 Å². The summed E-state index contributed by atoms with van der Waals surface area (Å²) >= 11 is 2.24. The molecule has 2 N–H and O–H groups in total. The van der Waals surface area contributed by atoms with Crippen LogP contribution < -0.4 is 5.73 Å². The van der Waals surface area contributed by atoms with Gasteiger partial charge in [0.15, 0.2) is 9.84 Å². The minimum atomic E-state index is -2.98. The predicted molar refractivity (Wildman–Crippen MR) is 91.7 cm³/mol. The van der Waals surface area contributed by atoms with Crippen molar-refractivity contribution in [1.29, 1.82) is 0 Å². The second kappa shape index (κ2) is 4.98. The van der Waals surface area contributed by atoms with E-state index in [1.165, 1.54) is 0 Å². The number of hydrogen-bond donors (Lipinski definition) is 1. The van der Waals surface area contributed by atoms with E-state index in [0.29, 0.717) is 17.8 Å². The number of nitrogens with two attached hydrogens (primary N) is 1. The summed E-state index contributed by atoms with van der Waals surface area (Å²) < 4.78 is 26.4. The van der Waals surface area contributed by atoms with Crippen LogP contribution in [0.3, 0.4) is 0 Å². The van der Waals surface area contributed by atoms with Gasteiger partial charge in [-0.15, -0.1) is 0 Å². The first-order valence-corrected chi connectivity index (χ1v) is 9.51. The fourth-order valence-electron chi connectivity index (χ4n) is 2.67. The zero-order valence-corrected chi connectivity index (χ0v) is 14.6. The van der Waals surface area contributed by atoms with E-state index in [4.69, 9.17) is 5.73 Å². The first-order chi connectivity index (χ1) is 9.79. The van der Waals surface area contributed by atoms with Crippen molar-refractivity contribution in [2.75, 3.05) is 17.2 Å². The highest BCUT2D eigenvalue weighted by Gasteiger charge is 2.40. The third kappa shape index (κ3) is 2.80. The Hall–Kier alpha value is -1.09. The highest BCUT2D eigenvalue weighted by atomic mass is 127. The van der Waals surface area contributed by atoms with Gasteiger partial charge in [-0.1, -0.05) is 12.1 Å². The maximum Gasteiger partial charge on any atom is 0.152 e. The minimum Gasteiger partial charge on any atom is -0.396 e. The molecule has 21 heavy (non-hydrogen) atoms. The number of aromatic nitrogens is 2. The molecule has 7 heteroatoms. The van der Waals surface area contributed by atoms with Gasteiger partial charge < -0.3 is 5.73 Å². The van der Waals surface area contributed by atoms with Gasteiger partial charge in [0.25, 0.3) is 0 Å².